The third-order valence-corrected chi connectivity index (χ3v) is 5.40. The van der Waals surface area contributed by atoms with Crippen molar-refractivity contribution in [1.29, 1.82) is 0 Å². The topological polar surface area (TPSA) is 27.3 Å². The molecular weight excluding hydrogens is 296 g/mol. The van der Waals surface area contributed by atoms with Crippen LogP contribution in [0.3, 0.4) is 0 Å². The fraction of sp³-hybridized carbons (Fsp3) is 0.667. The van der Waals surface area contributed by atoms with E-state index < -0.39 is 11.6 Å². The summed E-state index contributed by atoms with van der Waals surface area (Å²) in [4.78, 5) is 2.27. The molecular formula is C18H27F2N3. The fourth-order valence-electron chi connectivity index (χ4n) is 4.09. The zero-order valence-corrected chi connectivity index (χ0v) is 14.0. The molecule has 0 amide bonds. The molecule has 0 aliphatic carbocycles. The van der Waals surface area contributed by atoms with Crippen molar-refractivity contribution in [2.75, 3.05) is 19.6 Å². The zero-order chi connectivity index (χ0) is 16.4. The van der Waals surface area contributed by atoms with E-state index >= 15 is 0 Å². The minimum Gasteiger partial charge on any atom is -0.299 e. The van der Waals surface area contributed by atoms with E-state index in [1.165, 1.54) is 12.5 Å². The summed E-state index contributed by atoms with van der Waals surface area (Å²) < 4.78 is 27.3. The van der Waals surface area contributed by atoms with Crippen molar-refractivity contribution < 1.29 is 8.78 Å². The quantitative estimate of drug-likeness (QED) is 0.892. The number of piperidine rings is 1. The van der Waals surface area contributed by atoms with Crippen LogP contribution in [0, 0.1) is 29.4 Å². The Kier molecular flexibility index (Phi) is 5.29. The van der Waals surface area contributed by atoms with Crippen molar-refractivity contribution in [3.63, 3.8) is 0 Å². The molecule has 3 unspecified atom stereocenters. The van der Waals surface area contributed by atoms with Crippen molar-refractivity contribution in [2.24, 2.45) is 17.8 Å². The SMILES string of the molecule is CC(C)C1CNNC1C1CCCN(Cc2cccc(F)c2F)C1. The Balaban J connectivity index is 1.65. The standard InChI is InChI=1S/C18H27F2N3/c1-12(2)15-9-21-22-18(15)14-6-4-8-23(11-14)10-13-5-3-7-16(19)17(13)20/h3,5,7,12,14-15,18,21-22H,4,6,8-11H2,1-2H3. The molecule has 0 bridgehead atoms. The van der Waals surface area contributed by atoms with Gasteiger partial charge in [-0.25, -0.2) is 8.78 Å². The molecule has 2 aliphatic rings. The van der Waals surface area contributed by atoms with Crippen LogP contribution in [0.25, 0.3) is 0 Å². The highest BCUT2D eigenvalue weighted by atomic mass is 19.2. The molecule has 1 aromatic carbocycles. The fourth-order valence-corrected chi connectivity index (χ4v) is 4.09. The molecule has 2 fully saturated rings. The Hall–Kier alpha value is -1.04. The number of nitrogens with zero attached hydrogens (tertiary/aromatic N) is 1. The van der Waals surface area contributed by atoms with Gasteiger partial charge in [0.2, 0.25) is 0 Å². The largest absolute Gasteiger partial charge is 0.299 e. The molecule has 23 heavy (non-hydrogen) atoms. The number of benzene rings is 1. The van der Waals surface area contributed by atoms with Crippen molar-refractivity contribution in [3.05, 3.63) is 35.4 Å². The number of hydrogen-bond donors (Lipinski definition) is 2. The average molecular weight is 323 g/mol. The summed E-state index contributed by atoms with van der Waals surface area (Å²) in [6, 6.07) is 4.93. The summed E-state index contributed by atoms with van der Waals surface area (Å²) >= 11 is 0. The predicted octanol–water partition coefficient (Wildman–Crippen LogP) is 2.93. The van der Waals surface area contributed by atoms with Gasteiger partial charge in [-0.3, -0.25) is 15.8 Å². The lowest BCUT2D eigenvalue weighted by molar-refractivity contribution is 0.122. The lowest BCUT2D eigenvalue weighted by Gasteiger charge is -2.38. The van der Waals surface area contributed by atoms with Gasteiger partial charge in [0.25, 0.3) is 0 Å². The monoisotopic (exact) mass is 323 g/mol. The molecule has 0 radical (unpaired) electrons. The molecule has 2 N–H and O–H groups in total. The maximum atomic E-state index is 13.9. The van der Waals surface area contributed by atoms with E-state index in [1.807, 2.05) is 0 Å². The highest BCUT2D eigenvalue weighted by Gasteiger charge is 2.37. The van der Waals surface area contributed by atoms with E-state index in [4.69, 9.17) is 0 Å². The van der Waals surface area contributed by atoms with Crippen molar-refractivity contribution >= 4 is 0 Å². The lowest BCUT2D eigenvalue weighted by atomic mass is 9.79. The van der Waals surface area contributed by atoms with Crippen LogP contribution in [0.1, 0.15) is 32.3 Å². The van der Waals surface area contributed by atoms with Gasteiger partial charge in [0.15, 0.2) is 11.6 Å². The molecule has 1 aromatic rings. The van der Waals surface area contributed by atoms with Crippen molar-refractivity contribution in [1.82, 2.24) is 15.8 Å². The minimum absolute atomic E-state index is 0.462. The van der Waals surface area contributed by atoms with Crippen molar-refractivity contribution in [3.8, 4) is 0 Å². The summed E-state index contributed by atoms with van der Waals surface area (Å²) in [6.07, 6.45) is 2.31. The first kappa shape index (κ1) is 16.8. The highest BCUT2D eigenvalue weighted by molar-refractivity contribution is 5.19. The molecule has 2 heterocycles. The second-order valence-electron chi connectivity index (χ2n) is 7.31. The summed E-state index contributed by atoms with van der Waals surface area (Å²) in [6.45, 7) is 7.95. The number of hydrogen-bond acceptors (Lipinski definition) is 3. The van der Waals surface area contributed by atoms with E-state index in [0.29, 0.717) is 35.9 Å². The molecule has 0 saturated carbocycles. The molecule has 128 valence electrons. The van der Waals surface area contributed by atoms with Crippen LogP contribution in [-0.4, -0.2) is 30.6 Å². The first-order valence-corrected chi connectivity index (χ1v) is 8.70. The highest BCUT2D eigenvalue weighted by Crippen LogP contribution is 2.30. The maximum Gasteiger partial charge on any atom is 0.163 e. The van der Waals surface area contributed by atoms with E-state index in [0.717, 1.165) is 26.1 Å². The van der Waals surface area contributed by atoms with Crippen LogP contribution in [0.15, 0.2) is 18.2 Å². The Bertz CT molecular complexity index is 535. The molecule has 3 atom stereocenters. The van der Waals surface area contributed by atoms with Crippen molar-refractivity contribution in [2.45, 2.75) is 39.3 Å². The third kappa shape index (κ3) is 3.73. The van der Waals surface area contributed by atoms with E-state index in [9.17, 15) is 8.78 Å². The van der Waals surface area contributed by atoms with Gasteiger partial charge in [-0.2, -0.15) is 0 Å². The summed E-state index contributed by atoms with van der Waals surface area (Å²) in [7, 11) is 0. The Morgan fingerprint density at radius 2 is 2.13 bits per heavy atom. The number of nitrogens with one attached hydrogen (secondary N) is 2. The number of halogens is 2. The normalized spacial score (nSPS) is 29.3. The van der Waals surface area contributed by atoms with E-state index in [-0.39, 0.29) is 0 Å². The minimum atomic E-state index is -0.752. The van der Waals surface area contributed by atoms with Gasteiger partial charge < -0.3 is 0 Å². The van der Waals surface area contributed by atoms with Crippen LogP contribution in [0.2, 0.25) is 0 Å². The molecule has 3 rings (SSSR count). The summed E-state index contributed by atoms with van der Waals surface area (Å²) in [5, 5.41) is 0. The Labute approximate surface area is 137 Å². The summed E-state index contributed by atoms with van der Waals surface area (Å²) in [5.41, 5.74) is 7.22. The Morgan fingerprint density at radius 3 is 2.91 bits per heavy atom. The van der Waals surface area contributed by atoms with Crippen LogP contribution < -0.4 is 10.9 Å². The second-order valence-corrected chi connectivity index (χ2v) is 7.31. The molecule has 5 heteroatoms. The van der Waals surface area contributed by atoms with E-state index in [1.54, 1.807) is 12.1 Å². The maximum absolute atomic E-state index is 13.9. The molecule has 0 spiro atoms. The van der Waals surface area contributed by atoms with Gasteiger partial charge in [0.1, 0.15) is 0 Å². The lowest BCUT2D eigenvalue weighted by Crippen LogP contribution is -2.47. The first-order valence-electron chi connectivity index (χ1n) is 8.70. The van der Waals surface area contributed by atoms with Crippen LogP contribution in [0.4, 0.5) is 8.78 Å². The first-order chi connectivity index (χ1) is 11.1. The van der Waals surface area contributed by atoms with Gasteiger partial charge in [-0.1, -0.05) is 26.0 Å². The van der Waals surface area contributed by atoms with Gasteiger partial charge in [-0.15, -0.1) is 0 Å². The van der Waals surface area contributed by atoms with Crippen LogP contribution >= 0.6 is 0 Å². The zero-order valence-electron chi connectivity index (χ0n) is 14.0. The van der Waals surface area contributed by atoms with Gasteiger partial charge in [0.05, 0.1) is 0 Å². The van der Waals surface area contributed by atoms with Gasteiger partial charge in [-0.05, 0) is 43.2 Å². The van der Waals surface area contributed by atoms with Gasteiger partial charge in [0, 0.05) is 31.2 Å². The molecule has 2 saturated heterocycles. The number of rotatable bonds is 4. The average Bonchev–Trinajstić information content (AvgIpc) is 3.02. The molecule has 2 aliphatic heterocycles. The second kappa shape index (κ2) is 7.24. The molecule has 0 aromatic heterocycles. The number of likely N-dealkylation sites (tertiary alicyclic amines) is 1. The van der Waals surface area contributed by atoms with Gasteiger partial charge >= 0.3 is 0 Å². The Morgan fingerprint density at radius 1 is 1.30 bits per heavy atom. The van der Waals surface area contributed by atoms with Crippen LogP contribution in [0.5, 0.6) is 0 Å². The number of hydrazine groups is 1. The third-order valence-electron chi connectivity index (χ3n) is 5.40. The van der Waals surface area contributed by atoms with E-state index in [2.05, 4.69) is 29.6 Å². The van der Waals surface area contributed by atoms with Crippen LogP contribution in [-0.2, 0) is 6.54 Å². The smallest absolute Gasteiger partial charge is 0.163 e. The molecule has 3 nitrogen and oxygen atoms in total. The summed E-state index contributed by atoms with van der Waals surface area (Å²) in [5.74, 6) is 0.375. The predicted molar refractivity (Wildman–Crippen MR) is 87.6 cm³/mol.